The van der Waals surface area contributed by atoms with Crippen LogP contribution in [0.4, 0.5) is 5.13 Å². The number of carbonyl (C=O) groups is 1. The minimum Gasteiger partial charge on any atom is -0.375 e. The van der Waals surface area contributed by atoms with Gasteiger partial charge in [-0.25, -0.2) is 4.98 Å². The van der Waals surface area contributed by atoms with Gasteiger partial charge in [0.05, 0.1) is 6.04 Å². The molecule has 1 aromatic heterocycles. The highest BCUT2D eigenvalue weighted by molar-refractivity contribution is 7.13. The molecule has 1 heterocycles. The maximum Gasteiger partial charge on any atom is 0.271 e. The second-order valence-corrected chi connectivity index (χ2v) is 5.22. The number of aryl methyl sites for hydroxylation is 1. The van der Waals surface area contributed by atoms with Gasteiger partial charge in [-0.15, -0.1) is 11.3 Å². The highest BCUT2D eigenvalue weighted by Crippen LogP contribution is 2.30. The second kappa shape index (κ2) is 4.42. The SMILES string of the molecule is Nc1nc(C(=O)NC2CCc3ccccc32)cs1. The van der Waals surface area contributed by atoms with Gasteiger partial charge in [0.25, 0.3) is 5.91 Å². The number of aromatic nitrogens is 1. The molecule has 1 aliphatic rings. The van der Waals surface area contributed by atoms with E-state index < -0.39 is 0 Å². The average Bonchev–Trinajstić information content (AvgIpc) is 2.97. The molecule has 0 saturated carbocycles. The number of amides is 1. The van der Waals surface area contributed by atoms with Gasteiger partial charge in [-0.2, -0.15) is 0 Å². The van der Waals surface area contributed by atoms with Crippen molar-refractivity contribution in [3.63, 3.8) is 0 Å². The van der Waals surface area contributed by atoms with E-state index in [1.54, 1.807) is 5.38 Å². The number of fused-ring (bicyclic) bond motifs is 1. The van der Waals surface area contributed by atoms with E-state index in [1.807, 2.05) is 12.1 Å². The molecule has 0 saturated heterocycles. The minimum atomic E-state index is -0.148. The summed E-state index contributed by atoms with van der Waals surface area (Å²) in [4.78, 5) is 16.0. The standard InChI is InChI=1S/C13H13N3OS/c14-13-16-11(7-18-13)12(17)15-10-6-5-8-3-1-2-4-9(8)10/h1-4,7,10H,5-6H2,(H2,14,16)(H,15,17). The number of hydrogen-bond donors (Lipinski definition) is 2. The summed E-state index contributed by atoms with van der Waals surface area (Å²) in [6.45, 7) is 0. The van der Waals surface area contributed by atoms with Crippen LogP contribution in [0.5, 0.6) is 0 Å². The van der Waals surface area contributed by atoms with Gasteiger partial charge in [-0.05, 0) is 24.0 Å². The van der Waals surface area contributed by atoms with Crippen molar-refractivity contribution in [1.82, 2.24) is 10.3 Å². The molecule has 4 nitrogen and oxygen atoms in total. The van der Waals surface area contributed by atoms with E-state index in [0.717, 1.165) is 12.8 Å². The summed E-state index contributed by atoms with van der Waals surface area (Å²) in [7, 11) is 0. The minimum absolute atomic E-state index is 0.0941. The van der Waals surface area contributed by atoms with Gasteiger partial charge in [-0.3, -0.25) is 4.79 Å². The van der Waals surface area contributed by atoms with Crippen LogP contribution in [0, 0.1) is 0 Å². The number of nitrogen functional groups attached to an aromatic ring is 1. The maximum atomic E-state index is 12.0. The summed E-state index contributed by atoms with van der Waals surface area (Å²) in [5, 5.41) is 5.12. The maximum absolute atomic E-state index is 12.0. The van der Waals surface area contributed by atoms with Crippen molar-refractivity contribution >= 4 is 22.4 Å². The molecule has 3 N–H and O–H groups in total. The number of hydrogen-bond acceptors (Lipinski definition) is 4. The number of rotatable bonds is 2. The molecule has 3 rings (SSSR count). The molecule has 0 aliphatic heterocycles. The van der Waals surface area contributed by atoms with Crippen LogP contribution in [0.2, 0.25) is 0 Å². The number of thiazole rings is 1. The lowest BCUT2D eigenvalue weighted by atomic mass is 10.1. The zero-order valence-corrected chi connectivity index (χ0v) is 10.5. The fourth-order valence-electron chi connectivity index (χ4n) is 2.33. The Labute approximate surface area is 109 Å². The van der Waals surface area contributed by atoms with E-state index in [-0.39, 0.29) is 11.9 Å². The van der Waals surface area contributed by atoms with Crippen LogP contribution in [0.15, 0.2) is 29.6 Å². The highest BCUT2D eigenvalue weighted by atomic mass is 32.1. The van der Waals surface area contributed by atoms with Gasteiger partial charge in [-0.1, -0.05) is 24.3 Å². The predicted molar refractivity (Wildman–Crippen MR) is 71.5 cm³/mol. The van der Waals surface area contributed by atoms with E-state index in [9.17, 15) is 4.79 Å². The summed E-state index contributed by atoms with van der Waals surface area (Å²) in [5.41, 5.74) is 8.47. The van der Waals surface area contributed by atoms with Gasteiger partial charge >= 0.3 is 0 Å². The van der Waals surface area contributed by atoms with Crippen LogP contribution in [0.1, 0.15) is 34.1 Å². The van der Waals surface area contributed by atoms with E-state index in [0.29, 0.717) is 10.8 Å². The third-order valence-corrected chi connectivity index (χ3v) is 3.87. The smallest absolute Gasteiger partial charge is 0.271 e. The van der Waals surface area contributed by atoms with Crippen molar-refractivity contribution < 1.29 is 4.79 Å². The molecule has 1 aliphatic carbocycles. The number of carbonyl (C=O) groups excluding carboxylic acids is 1. The molecule has 5 heteroatoms. The molecular formula is C13H13N3OS. The topological polar surface area (TPSA) is 68.0 Å². The lowest BCUT2D eigenvalue weighted by molar-refractivity contribution is 0.0932. The van der Waals surface area contributed by atoms with Crippen molar-refractivity contribution in [2.45, 2.75) is 18.9 Å². The van der Waals surface area contributed by atoms with Crippen LogP contribution in [-0.4, -0.2) is 10.9 Å². The summed E-state index contributed by atoms with van der Waals surface area (Å²) >= 11 is 1.28. The van der Waals surface area contributed by atoms with Crippen molar-refractivity contribution in [1.29, 1.82) is 0 Å². The van der Waals surface area contributed by atoms with E-state index in [4.69, 9.17) is 5.73 Å². The van der Waals surface area contributed by atoms with Crippen LogP contribution >= 0.6 is 11.3 Å². The van der Waals surface area contributed by atoms with Gasteiger partial charge < -0.3 is 11.1 Å². The third-order valence-electron chi connectivity index (χ3n) is 3.19. The first-order chi connectivity index (χ1) is 8.74. The summed E-state index contributed by atoms with van der Waals surface area (Å²) in [5.74, 6) is -0.148. The Kier molecular flexibility index (Phi) is 2.76. The van der Waals surface area contributed by atoms with E-state index in [1.165, 1.54) is 22.5 Å². The van der Waals surface area contributed by atoms with Crippen molar-refractivity contribution in [3.05, 3.63) is 46.5 Å². The Morgan fingerprint density at radius 2 is 2.28 bits per heavy atom. The fourth-order valence-corrected chi connectivity index (χ4v) is 2.87. The molecule has 92 valence electrons. The van der Waals surface area contributed by atoms with Gasteiger partial charge in [0, 0.05) is 5.38 Å². The number of nitrogens with one attached hydrogen (secondary N) is 1. The first-order valence-corrected chi connectivity index (χ1v) is 6.71. The molecule has 1 amide bonds. The quantitative estimate of drug-likeness (QED) is 0.868. The Morgan fingerprint density at radius 1 is 1.44 bits per heavy atom. The molecule has 0 radical (unpaired) electrons. The molecule has 1 unspecified atom stereocenters. The second-order valence-electron chi connectivity index (χ2n) is 4.33. The zero-order valence-electron chi connectivity index (χ0n) is 9.72. The Hall–Kier alpha value is -1.88. The Bertz CT molecular complexity index is 593. The monoisotopic (exact) mass is 259 g/mol. The van der Waals surface area contributed by atoms with Crippen LogP contribution < -0.4 is 11.1 Å². The normalized spacial score (nSPS) is 17.4. The number of nitrogens with two attached hydrogens (primary N) is 1. The molecule has 1 atom stereocenters. The first-order valence-electron chi connectivity index (χ1n) is 5.84. The molecule has 0 bridgehead atoms. The number of anilines is 1. The Morgan fingerprint density at radius 3 is 3.06 bits per heavy atom. The Balaban J connectivity index is 1.77. The van der Waals surface area contributed by atoms with Crippen LogP contribution in [0.3, 0.4) is 0 Å². The van der Waals surface area contributed by atoms with Gasteiger partial charge in [0.1, 0.15) is 5.69 Å². The zero-order chi connectivity index (χ0) is 12.5. The van der Waals surface area contributed by atoms with Gasteiger partial charge in [0.2, 0.25) is 0 Å². The lowest BCUT2D eigenvalue weighted by Gasteiger charge is -2.12. The van der Waals surface area contributed by atoms with E-state index >= 15 is 0 Å². The largest absolute Gasteiger partial charge is 0.375 e. The predicted octanol–water partition coefficient (Wildman–Crippen LogP) is 2.14. The molecule has 18 heavy (non-hydrogen) atoms. The molecule has 0 fully saturated rings. The molecule has 0 spiro atoms. The molecule has 1 aromatic carbocycles. The first kappa shape index (κ1) is 11.2. The van der Waals surface area contributed by atoms with Gasteiger partial charge in [0.15, 0.2) is 5.13 Å². The molecule has 2 aromatic rings. The average molecular weight is 259 g/mol. The third kappa shape index (κ3) is 1.97. The lowest BCUT2D eigenvalue weighted by Crippen LogP contribution is -2.27. The number of benzene rings is 1. The van der Waals surface area contributed by atoms with Crippen molar-refractivity contribution in [2.24, 2.45) is 0 Å². The van der Waals surface area contributed by atoms with E-state index in [2.05, 4.69) is 22.4 Å². The molecular weight excluding hydrogens is 246 g/mol. The van der Waals surface area contributed by atoms with Crippen LogP contribution in [0.25, 0.3) is 0 Å². The number of nitrogens with zero attached hydrogens (tertiary/aromatic N) is 1. The summed E-state index contributed by atoms with van der Waals surface area (Å²) in [6, 6.07) is 8.32. The van der Waals surface area contributed by atoms with Crippen LogP contribution in [-0.2, 0) is 6.42 Å². The van der Waals surface area contributed by atoms with Crippen molar-refractivity contribution in [2.75, 3.05) is 5.73 Å². The highest BCUT2D eigenvalue weighted by Gasteiger charge is 2.24. The summed E-state index contributed by atoms with van der Waals surface area (Å²) in [6.07, 6.45) is 1.96. The summed E-state index contributed by atoms with van der Waals surface area (Å²) < 4.78 is 0. The fraction of sp³-hybridized carbons (Fsp3) is 0.231. The van der Waals surface area contributed by atoms with Crippen molar-refractivity contribution in [3.8, 4) is 0 Å².